The largest absolute Gasteiger partial charge is 0.157 e. The molecule has 28 heavy (non-hydrogen) atoms. The summed E-state index contributed by atoms with van der Waals surface area (Å²) in [5, 5.41) is 2.62. The van der Waals surface area contributed by atoms with Crippen molar-refractivity contribution in [2.75, 3.05) is 5.88 Å². The van der Waals surface area contributed by atoms with Crippen LogP contribution in [-0.2, 0) is 0 Å². The van der Waals surface area contributed by atoms with Gasteiger partial charge in [-0.25, -0.2) is 0 Å². The first-order chi connectivity index (χ1) is 12.8. The molecule has 0 fully saturated rings. The van der Waals surface area contributed by atoms with E-state index in [1.165, 1.54) is 0 Å². The third-order valence-electron chi connectivity index (χ3n) is 6.67. The van der Waals surface area contributed by atoms with Crippen molar-refractivity contribution in [2.45, 2.75) is 129 Å². The molecule has 0 aliphatic heterocycles. The molecule has 0 bridgehead atoms. The van der Waals surface area contributed by atoms with E-state index in [4.69, 9.17) is 11.6 Å². The lowest BCUT2D eigenvalue weighted by molar-refractivity contribution is 0.850. The highest BCUT2D eigenvalue weighted by Gasteiger charge is 2.46. The predicted octanol–water partition coefficient (Wildman–Crippen LogP) is 10.7. The molecule has 0 atom stereocenters. The number of allylic oxidation sites excluding steroid dienone is 1. The summed E-state index contributed by atoms with van der Waals surface area (Å²) >= 11 is 10.7. The van der Waals surface area contributed by atoms with Gasteiger partial charge in [0.15, 0.2) is 0 Å². The summed E-state index contributed by atoms with van der Waals surface area (Å²) in [4.78, 5) is 1.63. The molecule has 168 valence electrons. The minimum Gasteiger partial charge on any atom is -0.157 e. The van der Waals surface area contributed by atoms with Gasteiger partial charge < -0.3 is 0 Å². The van der Waals surface area contributed by atoms with Crippen LogP contribution in [0.4, 0.5) is 0 Å². The molecular formula is C23H49ClS2Si2. The summed E-state index contributed by atoms with van der Waals surface area (Å²) in [5.41, 5.74) is 4.71. The number of halogens is 1. The molecule has 0 radical (unpaired) electrons. The van der Waals surface area contributed by atoms with Gasteiger partial charge in [0.05, 0.1) is 0 Å². The number of alkyl halides is 1. The first kappa shape index (κ1) is 29.2. The molecule has 0 amide bonds. The van der Waals surface area contributed by atoms with E-state index in [2.05, 4.69) is 111 Å². The Morgan fingerprint density at radius 2 is 1.04 bits per heavy atom. The fourth-order valence-electron chi connectivity index (χ4n) is 5.53. The maximum Gasteiger partial charge on any atom is 0.130 e. The van der Waals surface area contributed by atoms with Crippen molar-refractivity contribution in [1.82, 2.24) is 0 Å². The lowest BCUT2D eigenvalue weighted by Crippen LogP contribution is -2.41. The van der Waals surface area contributed by atoms with E-state index in [-0.39, 0.29) is 0 Å². The molecule has 0 N–H and O–H groups in total. The van der Waals surface area contributed by atoms with Gasteiger partial charge in [-0.15, -0.1) is 11.6 Å². The van der Waals surface area contributed by atoms with Gasteiger partial charge in [-0.1, -0.05) is 83.1 Å². The van der Waals surface area contributed by atoms with E-state index in [1.807, 2.05) is 0 Å². The van der Waals surface area contributed by atoms with Gasteiger partial charge >= 0.3 is 0 Å². The van der Waals surface area contributed by atoms with Gasteiger partial charge in [0.1, 0.15) is 14.4 Å². The highest BCUT2D eigenvalue weighted by molar-refractivity contribution is 8.34. The third-order valence-corrected chi connectivity index (χ3v) is 31.6. The molecular weight excluding hydrogens is 432 g/mol. The molecule has 5 heteroatoms. The van der Waals surface area contributed by atoms with Gasteiger partial charge in [0.25, 0.3) is 0 Å². The van der Waals surface area contributed by atoms with E-state index in [0.29, 0.717) is 0 Å². The smallest absolute Gasteiger partial charge is 0.130 e. The highest BCUT2D eigenvalue weighted by atomic mass is 35.5. The fourth-order valence-corrected chi connectivity index (χ4v) is 24.6. The van der Waals surface area contributed by atoms with Crippen LogP contribution in [0.25, 0.3) is 0 Å². The molecule has 0 saturated heterocycles. The van der Waals surface area contributed by atoms with Crippen molar-refractivity contribution in [2.24, 2.45) is 0 Å². The number of rotatable bonds is 13. The van der Waals surface area contributed by atoms with Crippen LogP contribution in [-0.4, -0.2) is 20.3 Å². The molecule has 0 aromatic rings. The summed E-state index contributed by atoms with van der Waals surface area (Å²) in [6.45, 7) is 29.6. The Kier molecular flexibility index (Phi) is 13.4. The summed E-state index contributed by atoms with van der Waals surface area (Å²) in [5.74, 6) is 0.767. The third kappa shape index (κ3) is 6.83. The minimum atomic E-state index is -1.51. The van der Waals surface area contributed by atoms with Gasteiger partial charge in [-0.2, -0.15) is 22.4 Å². The Morgan fingerprint density at radius 1 is 0.679 bits per heavy atom. The quantitative estimate of drug-likeness (QED) is 0.190. The van der Waals surface area contributed by atoms with Gasteiger partial charge in [-0.3, -0.25) is 0 Å². The second-order valence-electron chi connectivity index (χ2n) is 10.2. The molecule has 0 nitrogen and oxygen atoms in total. The van der Waals surface area contributed by atoms with E-state index < -0.39 is 14.4 Å². The Bertz CT molecular complexity index is 428. The SMILES string of the molecule is CC(C)[Si](S/C=C(/CCCCl)S[Si](C(C)C)(C(C)C)C(C)C)(C(C)C)C(C)C. The van der Waals surface area contributed by atoms with Crippen LogP contribution in [0.1, 0.15) is 95.9 Å². The van der Waals surface area contributed by atoms with Crippen molar-refractivity contribution < 1.29 is 0 Å². The topological polar surface area (TPSA) is 0 Å². The van der Waals surface area contributed by atoms with Gasteiger partial charge in [-0.05, 0) is 56.4 Å². The average molecular weight is 481 g/mol. The van der Waals surface area contributed by atoms with Crippen LogP contribution in [0.3, 0.4) is 0 Å². The van der Waals surface area contributed by atoms with Crippen LogP contribution < -0.4 is 0 Å². The molecule has 0 heterocycles. The molecule has 0 aliphatic rings. The van der Waals surface area contributed by atoms with Crippen molar-refractivity contribution in [1.29, 1.82) is 0 Å². The monoisotopic (exact) mass is 480 g/mol. The Morgan fingerprint density at radius 3 is 1.32 bits per heavy atom. The molecule has 0 rings (SSSR count). The molecule has 0 spiro atoms. The maximum absolute atomic E-state index is 6.12. The van der Waals surface area contributed by atoms with Crippen molar-refractivity contribution in [3.05, 3.63) is 10.3 Å². The van der Waals surface area contributed by atoms with Crippen LogP contribution in [0.5, 0.6) is 0 Å². The number of hydrogen-bond donors (Lipinski definition) is 0. The standard InChI is InChI=1S/C23H49ClS2Si2/c1-17(2)27(18(3)4,19(5)6)25-16-23(14-13-15-24)26-28(20(7)8,21(9)10)22(11)12/h16-22H,13-15H2,1-12H3/b23-16-. The Labute approximate surface area is 193 Å². The number of hydrogen-bond acceptors (Lipinski definition) is 2. The maximum atomic E-state index is 6.12. The van der Waals surface area contributed by atoms with Gasteiger partial charge in [0, 0.05) is 5.88 Å². The predicted molar refractivity (Wildman–Crippen MR) is 145 cm³/mol. The van der Waals surface area contributed by atoms with Crippen molar-refractivity contribution in [3.63, 3.8) is 0 Å². The average Bonchev–Trinajstić information content (AvgIpc) is 2.54. The zero-order valence-electron chi connectivity index (χ0n) is 20.9. The second-order valence-corrected chi connectivity index (χ2v) is 27.7. The highest BCUT2D eigenvalue weighted by Crippen LogP contribution is 2.55. The lowest BCUT2D eigenvalue weighted by Gasteiger charge is -2.44. The summed E-state index contributed by atoms with van der Waals surface area (Å²) in [7, 11) is -2.99. The van der Waals surface area contributed by atoms with Crippen LogP contribution in [0.15, 0.2) is 10.3 Å². The first-order valence-electron chi connectivity index (χ1n) is 11.4. The molecule has 0 aromatic carbocycles. The molecule has 0 saturated carbocycles. The van der Waals surface area contributed by atoms with Crippen LogP contribution in [0, 0.1) is 0 Å². The van der Waals surface area contributed by atoms with E-state index in [9.17, 15) is 0 Å². The van der Waals surface area contributed by atoms with Crippen LogP contribution >= 0.6 is 34.0 Å². The zero-order chi connectivity index (χ0) is 22.3. The Balaban J connectivity index is 6.08. The summed E-state index contributed by atoms with van der Waals surface area (Å²) in [6.07, 6.45) is 2.25. The van der Waals surface area contributed by atoms with Crippen molar-refractivity contribution in [3.8, 4) is 0 Å². The molecule has 0 aromatic heterocycles. The second kappa shape index (κ2) is 12.9. The van der Waals surface area contributed by atoms with E-state index in [1.54, 1.807) is 4.91 Å². The van der Waals surface area contributed by atoms with E-state index >= 15 is 0 Å². The van der Waals surface area contributed by atoms with Crippen molar-refractivity contribution >= 4 is 48.5 Å². The normalized spacial score (nSPS) is 14.6. The molecule has 0 unspecified atom stereocenters. The summed E-state index contributed by atoms with van der Waals surface area (Å²) in [6, 6.07) is 0. The first-order valence-corrected chi connectivity index (χ1v) is 19.6. The molecule has 0 aliphatic carbocycles. The van der Waals surface area contributed by atoms with Gasteiger partial charge in [0.2, 0.25) is 0 Å². The van der Waals surface area contributed by atoms with Crippen LogP contribution in [0.2, 0.25) is 33.2 Å². The van der Waals surface area contributed by atoms with E-state index in [0.717, 1.165) is 52.0 Å². The lowest BCUT2D eigenvalue weighted by atomic mass is 10.3. The Hall–Kier alpha value is 1.16. The zero-order valence-corrected chi connectivity index (χ0v) is 25.2. The fraction of sp³-hybridized carbons (Fsp3) is 0.913. The summed E-state index contributed by atoms with van der Waals surface area (Å²) < 4.78 is 0. The minimum absolute atomic E-state index is 0.767.